The molecule has 176 valence electrons. The second-order valence-electron chi connectivity index (χ2n) is 12.0. The van der Waals surface area contributed by atoms with E-state index in [4.69, 9.17) is 5.73 Å². The molecule has 6 aromatic rings. The first-order chi connectivity index (χ1) is 16.5. The lowest BCUT2D eigenvalue weighted by atomic mass is 9.85. The maximum atomic E-state index is 6.13. The van der Waals surface area contributed by atoms with Crippen LogP contribution in [-0.4, -0.2) is 9.55 Å². The second kappa shape index (κ2) is 7.14. The van der Waals surface area contributed by atoms with Crippen molar-refractivity contribution < 1.29 is 0 Å². The number of nitrogens with zero attached hydrogens (tertiary/aromatic N) is 1. The van der Waals surface area contributed by atoms with Crippen molar-refractivity contribution in [1.82, 2.24) is 9.55 Å². The SMILES string of the molecule is CC(C)(C)c1ccc2c(c1)c1cc(C(C)(C)C)ccc1n2-c1ccc2[nH]c3ccc(N)cc3c2c1. The molecular formula is C32H33N3. The summed E-state index contributed by atoms with van der Waals surface area (Å²) in [6.45, 7) is 13.7. The highest BCUT2D eigenvalue weighted by atomic mass is 15.0. The molecule has 0 amide bonds. The number of fused-ring (bicyclic) bond motifs is 6. The number of nitrogens with two attached hydrogens (primary N) is 1. The van der Waals surface area contributed by atoms with E-state index in [0.717, 1.165) is 27.8 Å². The molecule has 0 spiro atoms. The number of hydrogen-bond acceptors (Lipinski definition) is 1. The summed E-state index contributed by atoms with van der Waals surface area (Å²) in [5.41, 5.74) is 15.7. The van der Waals surface area contributed by atoms with Crippen LogP contribution in [0.5, 0.6) is 0 Å². The highest BCUT2D eigenvalue weighted by Gasteiger charge is 2.21. The molecule has 35 heavy (non-hydrogen) atoms. The lowest BCUT2D eigenvalue weighted by Gasteiger charge is -2.19. The highest BCUT2D eigenvalue weighted by molar-refractivity contribution is 6.12. The molecule has 3 heteroatoms. The third kappa shape index (κ3) is 3.41. The van der Waals surface area contributed by atoms with Gasteiger partial charge in [-0.3, -0.25) is 0 Å². The third-order valence-corrected chi connectivity index (χ3v) is 7.36. The summed E-state index contributed by atoms with van der Waals surface area (Å²) in [5.74, 6) is 0. The monoisotopic (exact) mass is 459 g/mol. The number of hydrogen-bond donors (Lipinski definition) is 2. The van der Waals surface area contributed by atoms with Gasteiger partial charge >= 0.3 is 0 Å². The van der Waals surface area contributed by atoms with Crippen LogP contribution < -0.4 is 5.73 Å². The molecule has 0 atom stereocenters. The molecule has 3 N–H and O–H groups in total. The van der Waals surface area contributed by atoms with Gasteiger partial charge in [0.2, 0.25) is 0 Å². The van der Waals surface area contributed by atoms with Gasteiger partial charge in [-0.25, -0.2) is 0 Å². The Hall–Kier alpha value is -3.72. The van der Waals surface area contributed by atoms with Crippen molar-refractivity contribution in [3.8, 4) is 5.69 Å². The molecule has 0 unspecified atom stereocenters. The van der Waals surface area contributed by atoms with E-state index in [1.165, 1.54) is 38.3 Å². The molecule has 0 saturated heterocycles. The largest absolute Gasteiger partial charge is 0.399 e. The van der Waals surface area contributed by atoms with Crippen molar-refractivity contribution in [2.75, 3.05) is 5.73 Å². The number of nitrogen functional groups attached to an aromatic ring is 1. The normalized spacial score (nSPS) is 13.0. The van der Waals surface area contributed by atoms with Gasteiger partial charge in [-0.2, -0.15) is 0 Å². The van der Waals surface area contributed by atoms with Gasteiger partial charge in [0.1, 0.15) is 0 Å². The van der Waals surface area contributed by atoms with Crippen molar-refractivity contribution in [2.24, 2.45) is 0 Å². The maximum absolute atomic E-state index is 6.13. The zero-order valence-corrected chi connectivity index (χ0v) is 21.5. The quantitative estimate of drug-likeness (QED) is 0.238. The van der Waals surface area contributed by atoms with Gasteiger partial charge in [0.25, 0.3) is 0 Å². The number of H-pyrrole nitrogens is 1. The van der Waals surface area contributed by atoms with Crippen molar-refractivity contribution >= 4 is 49.3 Å². The van der Waals surface area contributed by atoms with Crippen LogP contribution in [0.2, 0.25) is 0 Å². The predicted molar refractivity (Wildman–Crippen MR) is 152 cm³/mol. The minimum atomic E-state index is 0.0904. The molecule has 4 aromatic carbocycles. The summed E-state index contributed by atoms with van der Waals surface area (Å²) in [5, 5.41) is 4.97. The zero-order valence-electron chi connectivity index (χ0n) is 21.5. The fourth-order valence-corrected chi connectivity index (χ4v) is 5.28. The van der Waals surface area contributed by atoms with Crippen LogP contribution in [0.4, 0.5) is 5.69 Å². The fraction of sp³-hybridized carbons (Fsp3) is 0.250. The van der Waals surface area contributed by atoms with Crippen LogP contribution in [-0.2, 0) is 10.8 Å². The lowest BCUT2D eigenvalue weighted by molar-refractivity contribution is 0.590. The molecular weight excluding hydrogens is 426 g/mol. The molecule has 3 nitrogen and oxygen atoms in total. The topological polar surface area (TPSA) is 46.7 Å². The van der Waals surface area contributed by atoms with Gasteiger partial charge in [-0.1, -0.05) is 53.7 Å². The van der Waals surface area contributed by atoms with E-state index < -0.39 is 0 Å². The van der Waals surface area contributed by atoms with Crippen LogP contribution in [0.15, 0.2) is 72.8 Å². The maximum Gasteiger partial charge on any atom is 0.0541 e. The number of rotatable bonds is 1. The van der Waals surface area contributed by atoms with Crippen molar-refractivity contribution in [3.05, 3.63) is 83.9 Å². The first kappa shape index (κ1) is 21.8. The zero-order chi connectivity index (χ0) is 24.7. The van der Waals surface area contributed by atoms with Crippen LogP contribution in [0, 0.1) is 0 Å². The Morgan fingerprint density at radius 2 is 1.09 bits per heavy atom. The molecule has 6 rings (SSSR count). The molecule has 0 saturated carbocycles. The average molecular weight is 460 g/mol. The number of nitrogens with one attached hydrogen (secondary N) is 1. The van der Waals surface area contributed by atoms with Gasteiger partial charge < -0.3 is 15.3 Å². The van der Waals surface area contributed by atoms with Crippen LogP contribution in [0.3, 0.4) is 0 Å². The van der Waals surface area contributed by atoms with E-state index in [1.807, 2.05) is 6.07 Å². The second-order valence-corrected chi connectivity index (χ2v) is 12.0. The summed E-state index contributed by atoms with van der Waals surface area (Å²) >= 11 is 0. The Kier molecular flexibility index (Phi) is 4.45. The minimum absolute atomic E-state index is 0.0904. The minimum Gasteiger partial charge on any atom is -0.399 e. The molecule has 0 aliphatic rings. The van der Waals surface area contributed by atoms with Crippen LogP contribution in [0.25, 0.3) is 49.3 Å². The number of aromatic nitrogens is 2. The van der Waals surface area contributed by atoms with Crippen molar-refractivity contribution in [1.29, 1.82) is 0 Å². The first-order valence-electron chi connectivity index (χ1n) is 12.4. The number of benzene rings is 4. The average Bonchev–Trinajstić information content (AvgIpc) is 3.31. The molecule has 0 fully saturated rings. The molecule has 0 bridgehead atoms. The van der Waals surface area contributed by atoms with E-state index in [1.54, 1.807) is 0 Å². The van der Waals surface area contributed by atoms with Crippen LogP contribution in [0.1, 0.15) is 52.7 Å². The van der Waals surface area contributed by atoms with E-state index in [2.05, 4.69) is 118 Å². The smallest absolute Gasteiger partial charge is 0.0541 e. The van der Waals surface area contributed by atoms with E-state index >= 15 is 0 Å². The molecule has 2 heterocycles. The number of anilines is 1. The molecule has 0 radical (unpaired) electrons. The summed E-state index contributed by atoms with van der Waals surface area (Å²) in [4.78, 5) is 3.54. The predicted octanol–water partition coefficient (Wildman–Crippen LogP) is 8.60. The summed E-state index contributed by atoms with van der Waals surface area (Å²) < 4.78 is 2.41. The summed E-state index contributed by atoms with van der Waals surface area (Å²) in [6.07, 6.45) is 0. The van der Waals surface area contributed by atoms with Gasteiger partial charge in [-0.15, -0.1) is 0 Å². The Bertz CT molecular complexity index is 1690. The van der Waals surface area contributed by atoms with Gasteiger partial charge in [-0.05, 0) is 82.6 Å². The molecule has 0 aliphatic heterocycles. The Labute approximate surface area is 206 Å². The number of aromatic amines is 1. The van der Waals surface area contributed by atoms with Gasteiger partial charge in [0, 0.05) is 44.0 Å². The first-order valence-corrected chi connectivity index (χ1v) is 12.4. The Morgan fingerprint density at radius 3 is 1.63 bits per heavy atom. The van der Waals surface area contributed by atoms with Gasteiger partial charge in [0.15, 0.2) is 0 Å². The van der Waals surface area contributed by atoms with Crippen molar-refractivity contribution in [2.45, 2.75) is 52.4 Å². The van der Waals surface area contributed by atoms with Crippen molar-refractivity contribution in [3.63, 3.8) is 0 Å². The lowest BCUT2D eigenvalue weighted by Crippen LogP contribution is -2.10. The highest BCUT2D eigenvalue weighted by Crippen LogP contribution is 2.38. The van der Waals surface area contributed by atoms with Gasteiger partial charge in [0.05, 0.1) is 11.0 Å². The molecule has 2 aromatic heterocycles. The molecule has 0 aliphatic carbocycles. The van der Waals surface area contributed by atoms with E-state index in [0.29, 0.717) is 0 Å². The summed E-state index contributed by atoms with van der Waals surface area (Å²) in [7, 11) is 0. The van der Waals surface area contributed by atoms with E-state index in [-0.39, 0.29) is 10.8 Å². The Balaban J connectivity index is 1.70. The summed E-state index contributed by atoms with van der Waals surface area (Å²) in [6, 6.07) is 26.7. The standard InChI is InChI=1S/C32H33N3/c1-31(2,3)19-7-13-29-25(15-19)26-16-20(32(4,5)6)8-14-30(26)35(29)22-10-12-28-24(18-22)23-17-21(33)9-11-27(23)34-28/h7-18,34H,33H2,1-6H3. The fourth-order valence-electron chi connectivity index (χ4n) is 5.28. The van der Waals surface area contributed by atoms with Crippen LogP contribution >= 0.6 is 0 Å². The Morgan fingerprint density at radius 1 is 0.571 bits per heavy atom. The third-order valence-electron chi connectivity index (χ3n) is 7.36. The van der Waals surface area contributed by atoms with E-state index in [9.17, 15) is 0 Å².